The van der Waals surface area contributed by atoms with Crippen LogP contribution in [0.5, 0.6) is 0 Å². The van der Waals surface area contributed by atoms with Gasteiger partial charge in [0.25, 0.3) is 5.91 Å². The first-order chi connectivity index (χ1) is 10.2. The predicted molar refractivity (Wildman–Crippen MR) is 80.3 cm³/mol. The van der Waals surface area contributed by atoms with E-state index in [2.05, 4.69) is 31.4 Å². The SMILES string of the molecule is COCCn1c(C(=O)Nc2ccn[nH]2)cc2oc(Br)cc21. The molecule has 3 aromatic rings. The molecule has 0 atom stereocenters. The van der Waals surface area contributed by atoms with E-state index in [1.54, 1.807) is 25.4 Å². The number of rotatable bonds is 5. The lowest BCUT2D eigenvalue weighted by Crippen LogP contribution is -2.18. The lowest BCUT2D eigenvalue weighted by Gasteiger charge is -2.09. The number of aromatic amines is 1. The van der Waals surface area contributed by atoms with E-state index in [9.17, 15) is 4.79 Å². The number of ether oxygens (including phenoxy) is 1. The van der Waals surface area contributed by atoms with Crippen LogP contribution in [-0.4, -0.2) is 34.4 Å². The number of methoxy groups -OCH3 is 1. The summed E-state index contributed by atoms with van der Waals surface area (Å²) in [4.78, 5) is 12.4. The number of furan rings is 1. The number of fused-ring (bicyclic) bond motifs is 1. The summed E-state index contributed by atoms with van der Waals surface area (Å²) in [6.45, 7) is 1.05. The lowest BCUT2D eigenvalue weighted by atomic mass is 10.4. The number of nitrogens with one attached hydrogen (secondary N) is 2. The molecule has 0 fully saturated rings. The van der Waals surface area contributed by atoms with E-state index in [1.165, 1.54) is 0 Å². The Morgan fingerprint density at radius 3 is 3.14 bits per heavy atom. The summed E-state index contributed by atoms with van der Waals surface area (Å²) in [6.07, 6.45) is 1.57. The van der Waals surface area contributed by atoms with Gasteiger partial charge in [0.1, 0.15) is 11.5 Å². The van der Waals surface area contributed by atoms with E-state index in [1.807, 2.05) is 10.6 Å². The lowest BCUT2D eigenvalue weighted by molar-refractivity contribution is 0.101. The molecule has 0 aliphatic rings. The summed E-state index contributed by atoms with van der Waals surface area (Å²) in [5.74, 6) is 0.301. The highest BCUT2D eigenvalue weighted by Gasteiger charge is 2.19. The largest absolute Gasteiger partial charge is 0.448 e. The first kappa shape index (κ1) is 13.9. The van der Waals surface area contributed by atoms with Crippen LogP contribution in [0.15, 0.2) is 33.5 Å². The average molecular weight is 353 g/mol. The van der Waals surface area contributed by atoms with Crippen LogP contribution < -0.4 is 5.32 Å². The summed E-state index contributed by atoms with van der Waals surface area (Å²) in [6, 6.07) is 5.22. The van der Waals surface area contributed by atoms with Gasteiger partial charge in [-0.2, -0.15) is 5.10 Å². The van der Waals surface area contributed by atoms with Crippen LogP contribution in [0.2, 0.25) is 0 Å². The van der Waals surface area contributed by atoms with Crippen LogP contribution in [0, 0.1) is 0 Å². The van der Waals surface area contributed by atoms with Gasteiger partial charge in [-0.3, -0.25) is 9.89 Å². The Balaban J connectivity index is 1.95. The van der Waals surface area contributed by atoms with Gasteiger partial charge in [-0.25, -0.2) is 0 Å². The molecule has 1 amide bonds. The molecule has 0 radical (unpaired) electrons. The van der Waals surface area contributed by atoms with Crippen molar-refractivity contribution in [2.45, 2.75) is 6.54 Å². The number of H-pyrrole nitrogens is 1. The monoisotopic (exact) mass is 352 g/mol. The fourth-order valence-corrected chi connectivity index (χ4v) is 2.53. The molecule has 2 N–H and O–H groups in total. The topological polar surface area (TPSA) is 85.1 Å². The van der Waals surface area contributed by atoms with Crippen molar-refractivity contribution < 1.29 is 13.9 Å². The maximum atomic E-state index is 12.4. The Labute approximate surface area is 128 Å². The molecular weight excluding hydrogens is 340 g/mol. The summed E-state index contributed by atoms with van der Waals surface area (Å²) in [5.41, 5.74) is 1.99. The standard InChI is InChI=1S/C13H13BrN4O3/c1-20-5-4-18-8-7-11(14)21-10(8)6-9(18)13(19)16-12-2-3-15-17-12/h2-3,6-7H,4-5H2,1H3,(H2,15,16,17,19). The zero-order valence-electron chi connectivity index (χ0n) is 11.2. The van der Waals surface area contributed by atoms with Crippen molar-refractivity contribution in [2.75, 3.05) is 19.0 Å². The molecule has 0 bridgehead atoms. The zero-order valence-corrected chi connectivity index (χ0v) is 12.8. The molecule has 0 aromatic carbocycles. The zero-order chi connectivity index (χ0) is 14.8. The Morgan fingerprint density at radius 2 is 2.43 bits per heavy atom. The molecule has 7 nitrogen and oxygen atoms in total. The van der Waals surface area contributed by atoms with Crippen molar-refractivity contribution in [3.05, 3.63) is 34.8 Å². The number of nitrogens with zero attached hydrogens (tertiary/aromatic N) is 2. The average Bonchev–Trinajstić information content (AvgIpc) is 3.13. The molecule has 110 valence electrons. The third kappa shape index (κ3) is 2.72. The van der Waals surface area contributed by atoms with E-state index >= 15 is 0 Å². The Bertz CT molecular complexity index is 760. The van der Waals surface area contributed by atoms with Gasteiger partial charge in [-0.05, 0) is 15.9 Å². The molecule has 0 spiro atoms. The number of aromatic nitrogens is 3. The number of carbonyl (C=O) groups is 1. The maximum absolute atomic E-state index is 12.4. The van der Waals surface area contributed by atoms with Crippen molar-refractivity contribution >= 4 is 38.8 Å². The second kappa shape index (κ2) is 5.74. The van der Waals surface area contributed by atoms with Gasteiger partial charge in [-0.15, -0.1) is 0 Å². The minimum Gasteiger partial charge on any atom is -0.448 e. The van der Waals surface area contributed by atoms with E-state index in [0.29, 0.717) is 34.9 Å². The Morgan fingerprint density at radius 1 is 1.57 bits per heavy atom. The van der Waals surface area contributed by atoms with E-state index in [-0.39, 0.29) is 5.91 Å². The van der Waals surface area contributed by atoms with Crippen LogP contribution >= 0.6 is 15.9 Å². The van der Waals surface area contributed by atoms with Crippen molar-refractivity contribution in [1.29, 1.82) is 0 Å². The van der Waals surface area contributed by atoms with Gasteiger partial charge >= 0.3 is 0 Å². The highest BCUT2D eigenvalue weighted by atomic mass is 79.9. The van der Waals surface area contributed by atoms with Gasteiger partial charge in [0.2, 0.25) is 0 Å². The van der Waals surface area contributed by atoms with Gasteiger partial charge in [0.15, 0.2) is 10.3 Å². The fourth-order valence-electron chi connectivity index (χ4n) is 2.14. The highest BCUT2D eigenvalue weighted by molar-refractivity contribution is 9.10. The molecule has 0 unspecified atom stereocenters. The molecule has 0 saturated carbocycles. The summed E-state index contributed by atoms with van der Waals surface area (Å²) in [5, 5.41) is 9.23. The molecule has 21 heavy (non-hydrogen) atoms. The molecule has 3 heterocycles. The number of anilines is 1. The molecule has 8 heteroatoms. The smallest absolute Gasteiger partial charge is 0.273 e. The molecule has 0 saturated heterocycles. The minimum atomic E-state index is -0.238. The van der Waals surface area contributed by atoms with Crippen LogP contribution in [0.1, 0.15) is 10.5 Å². The van der Waals surface area contributed by atoms with Gasteiger partial charge < -0.3 is 19.0 Å². The summed E-state index contributed by atoms with van der Waals surface area (Å²) in [7, 11) is 1.62. The predicted octanol–water partition coefficient (Wildman–Crippen LogP) is 2.62. The third-order valence-electron chi connectivity index (χ3n) is 3.06. The number of hydrogen-bond donors (Lipinski definition) is 2. The molecule has 0 aliphatic heterocycles. The second-order valence-corrected chi connectivity index (χ2v) is 5.18. The fraction of sp³-hybridized carbons (Fsp3) is 0.231. The molecular formula is C13H13BrN4O3. The molecule has 3 rings (SSSR count). The quantitative estimate of drug-likeness (QED) is 0.739. The maximum Gasteiger partial charge on any atom is 0.273 e. The van der Waals surface area contributed by atoms with Crippen LogP contribution in [-0.2, 0) is 11.3 Å². The van der Waals surface area contributed by atoms with Crippen LogP contribution in [0.25, 0.3) is 11.1 Å². The second-order valence-electron chi connectivity index (χ2n) is 4.40. The Kier molecular flexibility index (Phi) is 3.80. The van der Waals surface area contributed by atoms with Gasteiger partial charge in [0, 0.05) is 31.9 Å². The normalized spacial score (nSPS) is 11.1. The van der Waals surface area contributed by atoms with E-state index < -0.39 is 0 Å². The first-order valence-corrected chi connectivity index (χ1v) is 7.06. The van der Waals surface area contributed by atoms with Crippen LogP contribution in [0.3, 0.4) is 0 Å². The van der Waals surface area contributed by atoms with Gasteiger partial charge in [0.05, 0.1) is 18.3 Å². The Hall–Kier alpha value is -2.06. The summed E-state index contributed by atoms with van der Waals surface area (Å²) >= 11 is 3.29. The van der Waals surface area contributed by atoms with Crippen molar-refractivity contribution in [3.8, 4) is 0 Å². The molecule has 0 aliphatic carbocycles. The van der Waals surface area contributed by atoms with Crippen molar-refractivity contribution in [2.24, 2.45) is 0 Å². The molecule has 3 aromatic heterocycles. The van der Waals surface area contributed by atoms with Crippen molar-refractivity contribution in [1.82, 2.24) is 14.8 Å². The number of amides is 1. The van der Waals surface area contributed by atoms with E-state index in [0.717, 1.165) is 5.52 Å². The third-order valence-corrected chi connectivity index (χ3v) is 3.45. The number of hydrogen-bond acceptors (Lipinski definition) is 4. The van der Waals surface area contributed by atoms with Crippen molar-refractivity contribution in [3.63, 3.8) is 0 Å². The number of halogens is 1. The van der Waals surface area contributed by atoms with Gasteiger partial charge in [-0.1, -0.05) is 0 Å². The highest BCUT2D eigenvalue weighted by Crippen LogP contribution is 2.27. The van der Waals surface area contributed by atoms with Crippen LogP contribution in [0.4, 0.5) is 5.82 Å². The minimum absolute atomic E-state index is 0.238. The first-order valence-electron chi connectivity index (χ1n) is 6.27. The summed E-state index contributed by atoms with van der Waals surface area (Å²) < 4.78 is 13.1. The van der Waals surface area contributed by atoms with E-state index in [4.69, 9.17) is 9.15 Å². The number of carbonyl (C=O) groups excluding carboxylic acids is 1.